The molecular weight excluding hydrogens is 408 g/mol. The Kier molecular flexibility index (Phi) is 6.45. The van der Waals surface area contributed by atoms with Crippen molar-refractivity contribution in [1.82, 2.24) is 0 Å². The number of methoxy groups -OCH3 is 2. The first-order chi connectivity index (χ1) is 12.0. The highest BCUT2D eigenvalue weighted by Gasteiger charge is 2.13. The summed E-state index contributed by atoms with van der Waals surface area (Å²) >= 11 is 9.27. The Morgan fingerprint density at radius 3 is 2.56 bits per heavy atom. The second-order valence-electron chi connectivity index (χ2n) is 4.86. The molecule has 128 valence electrons. The molecule has 0 unspecified atom stereocenters. The second-order valence-corrected chi connectivity index (χ2v) is 6.15. The van der Waals surface area contributed by atoms with Crippen molar-refractivity contribution in [3.05, 3.63) is 57.0 Å². The fraction of sp³-hybridized carbons (Fsp3) is 0.111. The zero-order valence-corrected chi connectivity index (χ0v) is 15.8. The number of hydrogen-bond acceptors (Lipinski definition) is 4. The number of ether oxygens (including phenoxy) is 2. The van der Waals surface area contributed by atoms with E-state index in [0.717, 1.165) is 0 Å². The maximum absolute atomic E-state index is 12.3. The first-order valence-corrected chi connectivity index (χ1v) is 8.25. The first kappa shape index (κ1) is 18.8. The molecule has 5 nitrogen and oxygen atoms in total. The highest BCUT2D eigenvalue weighted by Crippen LogP contribution is 2.34. The van der Waals surface area contributed by atoms with Gasteiger partial charge in [-0.3, -0.25) is 4.79 Å². The number of carbonyl (C=O) groups excluding carboxylic acids is 1. The molecule has 0 saturated carbocycles. The van der Waals surface area contributed by atoms with Crippen LogP contribution in [0.4, 0.5) is 5.69 Å². The van der Waals surface area contributed by atoms with E-state index in [9.17, 15) is 10.1 Å². The Hall–Kier alpha value is -2.49. The third-order valence-corrected chi connectivity index (χ3v) is 4.11. The fourth-order valence-electron chi connectivity index (χ4n) is 2.06. The number of nitrogens with one attached hydrogen (secondary N) is 1. The minimum Gasteiger partial charge on any atom is -0.496 e. The van der Waals surface area contributed by atoms with Gasteiger partial charge in [0.25, 0.3) is 5.91 Å². The molecule has 0 aliphatic heterocycles. The lowest BCUT2D eigenvalue weighted by Gasteiger charge is -2.10. The van der Waals surface area contributed by atoms with Crippen molar-refractivity contribution in [2.45, 2.75) is 0 Å². The summed E-state index contributed by atoms with van der Waals surface area (Å²) in [5.74, 6) is 0.512. The van der Waals surface area contributed by atoms with E-state index < -0.39 is 5.91 Å². The summed E-state index contributed by atoms with van der Waals surface area (Å²) in [6.07, 6.45) is 1.45. The Morgan fingerprint density at radius 1 is 1.24 bits per heavy atom. The Bertz CT molecular complexity index is 875. The maximum Gasteiger partial charge on any atom is 0.266 e. The van der Waals surface area contributed by atoms with Gasteiger partial charge in [0, 0.05) is 22.3 Å². The Balaban J connectivity index is 2.35. The van der Waals surface area contributed by atoms with Crippen LogP contribution in [0.3, 0.4) is 0 Å². The van der Waals surface area contributed by atoms with E-state index in [4.69, 9.17) is 21.1 Å². The highest BCUT2D eigenvalue weighted by atomic mass is 79.9. The van der Waals surface area contributed by atoms with Crippen molar-refractivity contribution in [2.75, 3.05) is 19.5 Å². The summed E-state index contributed by atoms with van der Waals surface area (Å²) in [7, 11) is 3.03. The van der Waals surface area contributed by atoms with E-state index in [2.05, 4.69) is 21.2 Å². The average molecular weight is 422 g/mol. The lowest BCUT2D eigenvalue weighted by atomic mass is 10.1. The summed E-state index contributed by atoms with van der Waals surface area (Å²) in [5.41, 5.74) is 0.991. The molecule has 0 atom stereocenters. The van der Waals surface area contributed by atoms with E-state index in [0.29, 0.717) is 32.2 Å². The molecule has 2 rings (SSSR count). The quantitative estimate of drug-likeness (QED) is 0.563. The molecular formula is C18H14BrClN2O3. The van der Waals surface area contributed by atoms with Gasteiger partial charge in [-0.2, -0.15) is 5.26 Å². The van der Waals surface area contributed by atoms with Gasteiger partial charge in [-0.15, -0.1) is 0 Å². The van der Waals surface area contributed by atoms with Crippen LogP contribution in [0.5, 0.6) is 11.5 Å². The molecule has 0 spiro atoms. The monoisotopic (exact) mass is 420 g/mol. The van der Waals surface area contributed by atoms with Crippen LogP contribution in [-0.2, 0) is 4.79 Å². The summed E-state index contributed by atoms with van der Waals surface area (Å²) in [6.45, 7) is 0. The number of halogens is 2. The number of amides is 1. The number of nitrogens with zero attached hydrogens (tertiary/aromatic N) is 1. The highest BCUT2D eigenvalue weighted by molar-refractivity contribution is 9.10. The lowest BCUT2D eigenvalue weighted by Crippen LogP contribution is -2.13. The van der Waals surface area contributed by atoms with Crippen LogP contribution in [0.25, 0.3) is 6.08 Å². The van der Waals surface area contributed by atoms with Crippen LogP contribution in [-0.4, -0.2) is 20.1 Å². The van der Waals surface area contributed by atoms with Crippen LogP contribution >= 0.6 is 27.5 Å². The zero-order valence-electron chi connectivity index (χ0n) is 13.5. The minimum absolute atomic E-state index is 0.0738. The molecule has 1 N–H and O–H groups in total. The summed E-state index contributed by atoms with van der Waals surface area (Å²) < 4.78 is 11.2. The smallest absolute Gasteiger partial charge is 0.266 e. The summed E-state index contributed by atoms with van der Waals surface area (Å²) in [4.78, 5) is 12.3. The van der Waals surface area contributed by atoms with Crippen LogP contribution in [0.15, 0.2) is 46.4 Å². The van der Waals surface area contributed by atoms with Gasteiger partial charge in [0.05, 0.1) is 18.7 Å². The molecule has 0 aromatic heterocycles. The third-order valence-electron chi connectivity index (χ3n) is 3.25. The minimum atomic E-state index is -0.543. The topological polar surface area (TPSA) is 71.3 Å². The number of benzene rings is 2. The molecule has 0 aliphatic carbocycles. The number of carbonyl (C=O) groups is 1. The molecule has 0 bridgehead atoms. The van der Waals surface area contributed by atoms with Crippen molar-refractivity contribution < 1.29 is 14.3 Å². The van der Waals surface area contributed by atoms with E-state index in [1.807, 2.05) is 6.07 Å². The molecule has 25 heavy (non-hydrogen) atoms. The van der Waals surface area contributed by atoms with Crippen molar-refractivity contribution in [2.24, 2.45) is 0 Å². The van der Waals surface area contributed by atoms with E-state index >= 15 is 0 Å². The molecule has 1 amide bonds. The van der Waals surface area contributed by atoms with Gasteiger partial charge in [0.15, 0.2) is 0 Å². The van der Waals surface area contributed by atoms with Gasteiger partial charge >= 0.3 is 0 Å². The van der Waals surface area contributed by atoms with Gasteiger partial charge in [-0.05, 0) is 46.3 Å². The molecule has 0 saturated heterocycles. The molecule has 0 heterocycles. The van der Waals surface area contributed by atoms with Crippen molar-refractivity contribution >= 4 is 45.2 Å². The van der Waals surface area contributed by atoms with Gasteiger partial charge in [-0.1, -0.05) is 17.7 Å². The number of nitriles is 1. The van der Waals surface area contributed by atoms with Crippen LogP contribution in [0.1, 0.15) is 5.56 Å². The van der Waals surface area contributed by atoms with Gasteiger partial charge < -0.3 is 14.8 Å². The van der Waals surface area contributed by atoms with Crippen molar-refractivity contribution in [3.63, 3.8) is 0 Å². The summed E-state index contributed by atoms with van der Waals surface area (Å²) in [5, 5.41) is 12.5. The largest absolute Gasteiger partial charge is 0.496 e. The standard InChI is InChI=1S/C18H14BrClN2O3/c1-24-16-9-17(25-2)15(19)7-11(16)6-12(10-21)18(23)22-14-5-3-4-13(20)8-14/h3-9H,1-2H3,(H,22,23). The average Bonchev–Trinajstić information content (AvgIpc) is 2.59. The fourth-order valence-corrected chi connectivity index (χ4v) is 2.78. The molecule has 7 heteroatoms. The van der Waals surface area contributed by atoms with Crippen LogP contribution < -0.4 is 14.8 Å². The van der Waals surface area contributed by atoms with Crippen molar-refractivity contribution in [1.29, 1.82) is 5.26 Å². The van der Waals surface area contributed by atoms with Crippen LogP contribution in [0, 0.1) is 11.3 Å². The van der Waals surface area contributed by atoms with Gasteiger partial charge in [0.1, 0.15) is 23.1 Å². The summed E-state index contributed by atoms with van der Waals surface area (Å²) in [6, 6.07) is 12.0. The molecule has 0 aliphatic rings. The first-order valence-electron chi connectivity index (χ1n) is 7.08. The second kappa shape index (κ2) is 8.56. The maximum atomic E-state index is 12.3. The Morgan fingerprint density at radius 2 is 1.96 bits per heavy atom. The number of hydrogen-bond donors (Lipinski definition) is 1. The number of anilines is 1. The van der Waals surface area contributed by atoms with E-state index in [1.54, 1.807) is 36.4 Å². The van der Waals surface area contributed by atoms with E-state index in [1.165, 1.54) is 20.3 Å². The van der Waals surface area contributed by atoms with E-state index in [-0.39, 0.29) is 5.57 Å². The number of rotatable bonds is 5. The van der Waals surface area contributed by atoms with Gasteiger partial charge in [-0.25, -0.2) is 0 Å². The Labute approximate surface area is 158 Å². The molecule has 2 aromatic carbocycles. The van der Waals surface area contributed by atoms with Crippen molar-refractivity contribution in [3.8, 4) is 17.6 Å². The van der Waals surface area contributed by atoms with Gasteiger partial charge in [0.2, 0.25) is 0 Å². The predicted molar refractivity (Wildman–Crippen MR) is 101 cm³/mol. The lowest BCUT2D eigenvalue weighted by molar-refractivity contribution is -0.112. The van der Waals surface area contributed by atoms with Crippen LogP contribution in [0.2, 0.25) is 5.02 Å². The molecule has 2 aromatic rings. The zero-order chi connectivity index (χ0) is 18.4. The SMILES string of the molecule is COc1cc(OC)c(C=C(C#N)C(=O)Nc2cccc(Cl)c2)cc1Br. The normalized spacial score (nSPS) is 10.8. The predicted octanol–water partition coefficient (Wildman–Crippen LogP) is 4.67. The molecule has 0 fully saturated rings. The third kappa shape index (κ3) is 4.75. The molecule has 0 radical (unpaired) electrons.